The summed E-state index contributed by atoms with van der Waals surface area (Å²) in [4.78, 5) is 17.4. The number of aromatic nitrogens is 3. The van der Waals surface area contributed by atoms with E-state index in [4.69, 9.17) is 15.2 Å². The molecule has 28 heavy (non-hydrogen) atoms. The number of rotatable bonds is 7. The van der Waals surface area contributed by atoms with E-state index < -0.39 is 0 Å². The monoisotopic (exact) mass is 394 g/mol. The van der Waals surface area contributed by atoms with Crippen LogP contribution in [0.3, 0.4) is 0 Å². The van der Waals surface area contributed by atoms with Gasteiger partial charge < -0.3 is 24.7 Å². The molecule has 0 saturated carbocycles. The van der Waals surface area contributed by atoms with E-state index in [0.717, 1.165) is 57.8 Å². The summed E-state index contributed by atoms with van der Waals surface area (Å²) in [7, 11) is 3.52. The van der Waals surface area contributed by atoms with Crippen molar-refractivity contribution in [3.8, 4) is 0 Å². The standard InChI is InChI=1S/C19H34N6O3/c1-23(13-18-22-21-14-24(18)7-10-27-2)19(26)15-3-4-16(20)12-25(11-15)17-5-8-28-9-6-17/h14-17H,3-13,20H2,1-2H3/t15-,16+/m1/s1. The van der Waals surface area contributed by atoms with Crippen LogP contribution in [0.2, 0.25) is 0 Å². The zero-order valence-corrected chi connectivity index (χ0v) is 17.1. The summed E-state index contributed by atoms with van der Waals surface area (Å²) in [6.07, 6.45) is 5.44. The third-order valence-corrected chi connectivity index (χ3v) is 5.85. The molecule has 0 radical (unpaired) electrons. The Labute approximate surface area is 167 Å². The van der Waals surface area contributed by atoms with Gasteiger partial charge in [-0.1, -0.05) is 0 Å². The maximum Gasteiger partial charge on any atom is 0.227 e. The second-order valence-electron chi connectivity index (χ2n) is 7.96. The normalized spacial score (nSPS) is 24.8. The van der Waals surface area contributed by atoms with Crippen LogP contribution in [0.25, 0.3) is 0 Å². The van der Waals surface area contributed by atoms with E-state index in [1.54, 1.807) is 18.3 Å². The Morgan fingerprint density at radius 1 is 1.32 bits per heavy atom. The number of hydrogen-bond acceptors (Lipinski definition) is 7. The number of carbonyl (C=O) groups is 1. The van der Waals surface area contributed by atoms with Gasteiger partial charge in [0.2, 0.25) is 5.91 Å². The van der Waals surface area contributed by atoms with Gasteiger partial charge in [0.1, 0.15) is 6.33 Å². The van der Waals surface area contributed by atoms with Crippen molar-refractivity contribution in [2.24, 2.45) is 11.7 Å². The third-order valence-electron chi connectivity index (χ3n) is 5.85. The van der Waals surface area contributed by atoms with Gasteiger partial charge in [-0.05, 0) is 25.7 Å². The lowest BCUT2D eigenvalue weighted by atomic mass is 10.00. The number of ether oxygens (including phenoxy) is 2. The number of methoxy groups -OCH3 is 1. The Kier molecular flexibility index (Phi) is 7.78. The summed E-state index contributed by atoms with van der Waals surface area (Å²) >= 11 is 0. The Morgan fingerprint density at radius 3 is 2.86 bits per heavy atom. The van der Waals surface area contributed by atoms with Crippen molar-refractivity contribution in [3.63, 3.8) is 0 Å². The molecule has 2 atom stereocenters. The first kappa shape index (κ1) is 21.2. The SMILES string of the molecule is COCCn1cnnc1CN(C)C(=O)[C@@H]1CC[C@H](N)CN(C2CCOCC2)C1. The molecule has 3 rings (SSSR count). The van der Waals surface area contributed by atoms with Gasteiger partial charge in [-0.3, -0.25) is 9.69 Å². The minimum absolute atomic E-state index is 0.0308. The molecule has 2 saturated heterocycles. The van der Waals surface area contributed by atoms with Gasteiger partial charge in [0.25, 0.3) is 0 Å². The Hall–Kier alpha value is -1.55. The summed E-state index contributed by atoms with van der Waals surface area (Å²) in [6, 6.07) is 0.596. The molecule has 2 N–H and O–H groups in total. The fourth-order valence-electron chi connectivity index (χ4n) is 4.19. The molecule has 0 unspecified atom stereocenters. The van der Waals surface area contributed by atoms with E-state index in [1.165, 1.54) is 0 Å². The van der Waals surface area contributed by atoms with Gasteiger partial charge in [0.05, 0.1) is 19.1 Å². The zero-order chi connectivity index (χ0) is 19.9. The van der Waals surface area contributed by atoms with Crippen molar-refractivity contribution >= 4 is 5.91 Å². The number of nitrogens with two attached hydrogens (primary N) is 1. The van der Waals surface area contributed by atoms with Crippen molar-refractivity contribution in [2.75, 3.05) is 47.1 Å². The molecule has 9 nitrogen and oxygen atoms in total. The highest BCUT2D eigenvalue weighted by atomic mass is 16.5. The molecule has 9 heteroatoms. The lowest BCUT2D eigenvalue weighted by Gasteiger charge is -2.36. The van der Waals surface area contributed by atoms with Crippen LogP contribution in [-0.4, -0.2) is 89.6 Å². The average molecular weight is 395 g/mol. The lowest BCUT2D eigenvalue weighted by molar-refractivity contribution is -0.135. The van der Waals surface area contributed by atoms with Crippen molar-refractivity contribution in [2.45, 2.75) is 50.9 Å². The molecule has 3 heterocycles. The van der Waals surface area contributed by atoms with Gasteiger partial charge in [0.15, 0.2) is 5.82 Å². The summed E-state index contributed by atoms with van der Waals surface area (Å²) in [5.41, 5.74) is 6.32. The predicted molar refractivity (Wildman–Crippen MR) is 104 cm³/mol. The first-order chi connectivity index (χ1) is 13.6. The van der Waals surface area contributed by atoms with Gasteiger partial charge in [-0.15, -0.1) is 10.2 Å². The fourth-order valence-corrected chi connectivity index (χ4v) is 4.19. The molecule has 0 aromatic carbocycles. The highest BCUT2D eigenvalue weighted by molar-refractivity contribution is 5.78. The number of carbonyl (C=O) groups excluding carboxylic acids is 1. The van der Waals surface area contributed by atoms with Gasteiger partial charge in [-0.2, -0.15) is 0 Å². The number of likely N-dealkylation sites (tertiary alicyclic amines) is 1. The van der Waals surface area contributed by atoms with Crippen LogP contribution >= 0.6 is 0 Å². The third kappa shape index (κ3) is 5.50. The number of amides is 1. The van der Waals surface area contributed by atoms with Gasteiger partial charge in [0, 0.05) is 59.1 Å². The molecule has 2 aliphatic heterocycles. The second-order valence-corrected chi connectivity index (χ2v) is 7.96. The quantitative estimate of drug-likeness (QED) is 0.700. The fraction of sp³-hybridized carbons (Fsp3) is 0.842. The van der Waals surface area contributed by atoms with Crippen LogP contribution in [0.15, 0.2) is 6.33 Å². The van der Waals surface area contributed by atoms with Gasteiger partial charge >= 0.3 is 0 Å². The van der Waals surface area contributed by atoms with Crippen LogP contribution in [0.4, 0.5) is 0 Å². The molecule has 1 aromatic heterocycles. The Balaban J connectivity index is 1.62. The van der Waals surface area contributed by atoms with Crippen LogP contribution in [0.1, 0.15) is 31.5 Å². The highest BCUT2D eigenvalue weighted by Crippen LogP contribution is 2.24. The largest absolute Gasteiger partial charge is 0.383 e. The second kappa shape index (κ2) is 10.3. The van der Waals surface area contributed by atoms with Crippen molar-refractivity contribution in [1.29, 1.82) is 0 Å². The topological polar surface area (TPSA) is 98.7 Å². The van der Waals surface area contributed by atoms with Crippen LogP contribution in [0.5, 0.6) is 0 Å². The van der Waals surface area contributed by atoms with E-state index in [1.807, 2.05) is 11.6 Å². The molecule has 2 fully saturated rings. The summed E-state index contributed by atoms with van der Waals surface area (Å²) in [5.74, 6) is 0.906. The molecule has 1 aromatic rings. The first-order valence-electron chi connectivity index (χ1n) is 10.3. The summed E-state index contributed by atoms with van der Waals surface area (Å²) < 4.78 is 12.6. The molecule has 158 valence electrons. The summed E-state index contributed by atoms with van der Waals surface area (Å²) in [5, 5.41) is 8.16. The maximum atomic E-state index is 13.2. The van der Waals surface area contributed by atoms with E-state index in [-0.39, 0.29) is 17.9 Å². The van der Waals surface area contributed by atoms with Crippen molar-refractivity contribution < 1.29 is 14.3 Å². The van der Waals surface area contributed by atoms with Crippen LogP contribution < -0.4 is 5.73 Å². The molecular weight excluding hydrogens is 360 g/mol. The van der Waals surface area contributed by atoms with Crippen LogP contribution in [-0.2, 0) is 27.4 Å². The highest BCUT2D eigenvalue weighted by Gasteiger charge is 2.33. The molecule has 0 spiro atoms. The molecule has 0 aliphatic carbocycles. The van der Waals surface area contributed by atoms with E-state index >= 15 is 0 Å². The zero-order valence-electron chi connectivity index (χ0n) is 17.1. The van der Waals surface area contributed by atoms with Crippen molar-refractivity contribution in [3.05, 3.63) is 12.2 Å². The smallest absolute Gasteiger partial charge is 0.227 e. The molecule has 1 amide bonds. The number of hydrogen-bond donors (Lipinski definition) is 1. The van der Waals surface area contributed by atoms with E-state index in [9.17, 15) is 4.79 Å². The van der Waals surface area contributed by atoms with E-state index in [2.05, 4.69) is 15.1 Å². The molecule has 2 aliphatic rings. The maximum absolute atomic E-state index is 13.2. The van der Waals surface area contributed by atoms with Crippen molar-refractivity contribution in [1.82, 2.24) is 24.6 Å². The van der Waals surface area contributed by atoms with Gasteiger partial charge in [-0.25, -0.2) is 0 Å². The minimum Gasteiger partial charge on any atom is -0.383 e. The first-order valence-corrected chi connectivity index (χ1v) is 10.3. The predicted octanol–water partition coefficient (Wildman–Crippen LogP) is 0.101. The average Bonchev–Trinajstić information content (AvgIpc) is 3.05. The Bertz CT molecular complexity index is 619. The summed E-state index contributed by atoms with van der Waals surface area (Å²) in [6.45, 7) is 4.95. The minimum atomic E-state index is -0.0308. The molecule has 0 bridgehead atoms. The Morgan fingerprint density at radius 2 is 2.11 bits per heavy atom. The molecular formula is C19H34N6O3. The number of nitrogens with zero attached hydrogens (tertiary/aromatic N) is 5. The van der Waals surface area contributed by atoms with E-state index in [0.29, 0.717) is 25.7 Å². The lowest BCUT2D eigenvalue weighted by Crippen LogP contribution is -2.47. The van der Waals surface area contributed by atoms with Crippen LogP contribution in [0, 0.1) is 5.92 Å².